The van der Waals surface area contributed by atoms with Gasteiger partial charge in [0.2, 0.25) is 5.91 Å². The minimum Gasteiger partial charge on any atom is -0.342 e. The van der Waals surface area contributed by atoms with Crippen molar-refractivity contribution in [2.75, 3.05) is 26.2 Å². The molecule has 3 rings (SSSR count). The number of likely N-dealkylation sites (tertiary alicyclic amines) is 1. The summed E-state index contributed by atoms with van der Waals surface area (Å²) in [6.07, 6.45) is 9.98. The van der Waals surface area contributed by atoms with Crippen LogP contribution in [0.25, 0.3) is 0 Å². The van der Waals surface area contributed by atoms with Crippen molar-refractivity contribution < 1.29 is 4.79 Å². The van der Waals surface area contributed by atoms with Crippen LogP contribution in [0.2, 0.25) is 0 Å². The third kappa shape index (κ3) is 3.13. The Bertz CT molecular complexity index is 298. The van der Waals surface area contributed by atoms with Crippen LogP contribution in [-0.4, -0.2) is 37.0 Å². The molecule has 3 aliphatic rings. The van der Waals surface area contributed by atoms with Crippen molar-refractivity contribution in [2.45, 2.75) is 51.4 Å². The molecule has 0 spiro atoms. The molecule has 2 saturated heterocycles. The molecule has 3 heteroatoms. The molecular weight excluding hydrogens is 236 g/mol. The molecular formula is C16H28N2O. The fourth-order valence-electron chi connectivity index (χ4n) is 4.28. The van der Waals surface area contributed by atoms with Crippen LogP contribution < -0.4 is 5.32 Å². The molecule has 0 bridgehead atoms. The summed E-state index contributed by atoms with van der Waals surface area (Å²) in [7, 11) is 0. The van der Waals surface area contributed by atoms with E-state index < -0.39 is 0 Å². The van der Waals surface area contributed by atoms with Crippen LogP contribution in [0.1, 0.15) is 51.4 Å². The summed E-state index contributed by atoms with van der Waals surface area (Å²) in [4.78, 5) is 14.7. The van der Waals surface area contributed by atoms with Crippen LogP contribution in [0.3, 0.4) is 0 Å². The van der Waals surface area contributed by atoms with Gasteiger partial charge in [0.05, 0.1) is 0 Å². The smallest absolute Gasteiger partial charge is 0.225 e. The fraction of sp³-hybridized carbons (Fsp3) is 0.938. The maximum atomic E-state index is 12.5. The lowest BCUT2D eigenvalue weighted by molar-refractivity contribution is -0.138. The molecule has 1 N–H and O–H groups in total. The minimum atomic E-state index is 0.360. The summed E-state index contributed by atoms with van der Waals surface area (Å²) in [6.45, 7) is 4.46. The summed E-state index contributed by atoms with van der Waals surface area (Å²) in [5.74, 6) is 2.58. The van der Waals surface area contributed by atoms with Crippen molar-refractivity contribution in [2.24, 2.45) is 17.8 Å². The quantitative estimate of drug-likeness (QED) is 0.830. The number of amides is 1. The summed E-state index contributed by atoms with van der Waals surface area (Å²) in [6, 6.07) is 0. The minimum absolute atomic E-state index is 0.360. The van der Waals surface area contributed by atoms with E-state index in [2.05, 4.69) is 10.2 Å². The van der Waals surface area contributed by atoms with E-state index in [9.17, 15) is 4.79 Å². The SMILES string of the molecule is O=C(C1CCCCC1)N1CCC(C2CCNC2)CC1. The van der Waals surface area contributed by atoms with Gasteiger partial charge in [-0.1, -0.05) is 19.3 Å². The third-order valence-corrected chi connectivity index (χ3v) is 5.57. The summed E-state index contributed by atoms with van der Waals surface area (Å²) in [5.41, 5.74) is 0. The highest BCUT2D eigenvalue weighted by molar-refractivity contribution is 5.79. The number of hydrogen-bond acceptors (Lipinski definition) is 2. The number of rotatable bonds is 2. The molecule has 3 fully saturated rings. The zero-order valence-corrected chi connectivity index (χ0v) is 12.1. The second kappa shape index (κ2) is 6.25. The average Bonchev–Trinajstić information content (AvgIpc) is 3.02. The number of carbonyl (C=O) groups excluding carboxylic acids is 1. The van der Waals surface area contributed by atoms with E-state index >= 15 is 0 Å². The van der Waals surface area contributed by atoms with Crippen molar-refractivity contribution in [1.29, 1.82) is 0 Å². The standard InChI is InChI=1S/C16H28N2O/c19-16(14-4-2-1-3-5-14)18-10-7-13(8-11-18)15-6-9-17-12-15/h13-15,17H,1-12H2. The molecule has 0 aromatic carbocycles. The average molecular weight is 264 g/mol. The van der Waals surface area contributed by atoms with Crippen molar-refractivity contribution in [3.8, 4) is 0 Å². The van der Waals surface area contributed by atoms with E-state index in [1.165, 1.54) is 51.6 Å². The monoisotopic (exact) mass is 264 g/mol. The van der Waals surface area contributed by atoms with E-state index in [0.29, 0.717) is 11.8 Å². The first-order valence-corrected chi connectivity index (χ1v) is 8.34. The Labute approximate surface area is 117 Å². The lowest BCUT2D eigenvalue weighted by atomic mass is 9.82. The summed E-state index contributed by atoms with van der Waals surface area (Å²) >= 11 is 0. The van der Waals surface area contributed by atoms with Gasteiger partial charge in [-0.3, -0.25) is 4.79 Å². The van der Waals surface area contributed by atoms with Crippen LogP contribution >= 0.6 is 0 Å². The van der Waals surface area contributed by atoms with Gasteiger partial charge in [-0.25, -0.2) is 0 Å². The highest BCUT2D eigenvalue weighted by atomic mass is 16.2. The molecule has 108 valence electrons. The largest absolute Gasteiger partial charge is 0.342 e. The number of nitrogens with zero attached hydrogens (tertiary/aromatic N) is 1. The first-order chi connectivity index (χ1) is 9.34. The Hall–Kier alpha value is -0.570. The van der Waals surface area contributed by atoms with Gasteiger partial charge >= 0.3 is 0 Å². The lowest BCUT2D eigenvalue weighted by Crippen LogP contribution is -2.43. The molecule has 0 radical (unpaired) electrons. The Balaban J connectivity index is 1.47. The molecule has 0 aromatic rings. The van der Waals surface area contributed by atoms with E-state index in [0.717, 1.165) is 37.8 Å². The highest BCUT2D eigenvalue weighted by Gasteiger charge is 2.32. The van der Waals surface area contributed by atoms with Gasteiger partial charge < -0.3 is 10.2 Å². The number of hydrogen-bond donors (Lipinski definition) is 1. The maximum Gasteiger partial charge on any atom is 0.225 e. The Kier molecular flexibility index (Phi) is 4.42. The Morgan fingerprint density at radius 2 is 1.63 bits per heavy atom. The van der Waals surface area contributed by atoms with Crippen molar-refractivity contribution >= 4 is 5.91 Å². The normalized spacial score (nSPS) is 30.7. The maximum absolute atomic E-state index is 12.5. The van der Waals surface area contributed by atoms with Crippen molar-refractivity contribution in [3.63, 3.8) is 0 Å². The Morgan fingerprint density at radius 1 is 0.895 bits per heavy atom. The van der Waals surface area contributed by atoms with Gasteiger partial charge in [-0.15, -0.1) is 0 Å². The van der Waals surface area contributed by atoms with E-state index in [1.54, 1.807) is 0 Å². The van der Waals surface area contributed by atoms with Crippen molar-refractivity contribution in [3.05, 3.63) is 0 Å². The second-order valence-corrected chi connectivity index (χ2v) is 6.75. The van der Waals surface area contributed by atoms with Gasteiger partial charge in [0.1, 0.15) is 0 Å². The fourth-order valence-corrected chi connectivity index (χ4v) is 4.28. The van der Waals surface area contributed by atoms with Gasteiger partial charge in [0.15, 0.2) is 0 Å². The highest BCUT2D eigenvalue weighted by Crippen LogP contribution is 2.31. The Morgan fingerprint density at radius 3 is 2.26 bits per heavy atom. The predicted octanol–water partition coefficient (Wildman–Crippen LogP) is 2.41. The molecule has 2 aliphatic heterocycles. The molecule has 3 nitrogen and oxygen atoms in total. The lowest BCUT2D eigenvalue weighted by Gasteiger charge is -2.37. The first kappa shape index (κ1) is 13.4. The van der Waals surface area contributed by atoms with Crippen LogP contribution in [0, 0.1) is 17.8 Å². The molecule has 1 amide bonds. The zero-order valence-electron chi connectivity index (χ0n) is 12.1. The van der Waals surface area contributed by atoms with E-state index in [-0.39, 0.29) is 0 Å². The molecule has 2 heterocycles. The summed E-state index contributed by atoms with van der Waals surface area (Å²) < 4.78 is 0. The van der Waals surface area contributed by atoms with Gasteiger partial charge in [0, 0.05) is 19.0 Å². The zero-order chi connectivity index (χ0) is 13.1. The number of piperidine rings is 1. The third-order valence-electron chi connectivity index (χ3n) is 5.57. The second-order valence-electron chi connectivity index (χ2n) is 6.75. The molecule has 1 aliphatic carbocycles. The van der Waals surface area contributed by atoms with Gasteiger partial charge in [0.25, 0.3) is 0 Å². The number of nitrogens with one attached hydrogen (secondary N) is 1. The molecule has 1 unspecified atom stereocenters. The topological polar surface area (TPSA) is 32.3 Å². The molecule has 0 aromatic heterocycles. The molecule has 1 atom stereocenters. The van der Waals surface area contributed by atoms with Crippen LogP contribution in [-0.2, 0) is 4.79 Å². The first-order valence-electron chi connectivity index (χ1n) is 8.34. The van der Waals surface area contributed by atoms with E-state index in [4.69, 9.17) is 0 Å². The van der Waals surface area contributed by atoms with Crippen molar-refractivity contribution in [1.82, 2.24) is 10.2 Å². The van der Waals surface area contributed by atoms with Gasteiger partial charge in [-0.05, 0) is 57.0 Å². The molecule has 19 heavy (non-hydrogen) atoms. The van der Waals surface area contributed by atoms with Gasteiger partial charge in [-0.2, -0.15) is 0 Å². The predicted molar refractivity (Wildman–Crippen MR) is 76.9 cm³/mol. The summed E-state index contributed by atoms with van der Waals surface area (Å²) in [5, 5.41) is 3.47. The van der Waals surface area contributed by atoms with E-state index in [1.807, 2.05) is 0 Å². The molecule has 1 saturated carbocycles. The number of carbonyl (C=O) groups is 1. The van der Waals surface area contributed by atoms with Crippen LogP contribution in [0.4, 0.5) is 0 Å². The van der Waals surface area contributed by atoms with Crippen LogP contribution in [0.15, 0.2) is 0 Å². The van der Waals surface area contributed by atoms with Crippen LogP contribution in [0.5, 0.6) is 0 Å².